The van der Waals surface area contributed by atoms with Gasteiger partial charge >= 0.3 is 11.9 Å². The summed E-state index contributed by atoms with van der Waals surface area (Å²) in [6.45, 7) is 4.10. The molecule has 0 fully saturated rings. The first-order valence-corrected chi connectivity index (χ1v) is 35.0. The molecule has 0 aromatic heterocycles. The van der Waals surface area contributed by atoms with E-state index in [1.807, 2.05) is 21.1 Å². The molecule has 0 aliphatic carbocycles. The molecular formula is C74H124NO8P. The fraction of sp³-hybridized carbons (Fsp3) is 0.649. The highest BCUT2D eigenvalue weighted by atomic mass is 31.2. The lowest BCUT2D eigenvalue weighted by molar-refractivity contribution is -0.870. The van der Waals surface area contributed by atoms with Crippen molar-refractivity contribution in [2.45, 2.75) is 264 Å². The number of allylic oxidation sites excluding steroid dienone is 24. The summed E-state index contributed by atoms with van der Waals surface area (Å²) < 4.78 is 34.2. The van der Waals surface area contributed by atoms with Crippen molar-refractivity contribution in [3.63, 3.8) is 0 Å². The Morgan fingerprint density at radius 3 is 1.01 bits per heavy atom. The maximum Gasteiger partial charge on any atom is 0.306 e. The lowest BCUT2D eigenvalue weighted by atomic mass is 10.1. The van der Waals surface area contributed by atoms with E-state index < -0.39 is 32.5 Å². The standard InChI is InChI=1S/C74H124NO8P/c1-6-8-10-12-14-16-18-20-22-24-26-28-29-30-31-32-33-34-35-36-37-38-39-40-41-42-43-44-45-47-49-51-53-55-57-59-61-63-65-67-74(77)83-72(71-82-84(78,79)81-69-68-75(3,4)5)70-80-73(76)66-64-62-60-58-56-54-52-50-48-46-27-25-23-21-19-17-15-13-11-9-7-2/h8,10,14,16,19-22,25-28,30-31,33-34,36-37,39-40,42-43,45,47,72H,6-7,9,11-13,15,17-18,23-24,29,32,35,38,41,44,46,48-71H2,1-5H3/b10-8-,16-14-,21-19-,22-20-,27-25-,28-26-,31-30-,34-33-,37-36-,40-39-,43-42-,47-45-. The Hall–Kier alpha value is -4.11. The first kappa shape index (κ1) is 79.9. The van der Waals surface area contributed by atoms with Gasteiger partial charge in [-0.1, -0.05) is 269 Å². The molecule has 0 bridgehead atoms. The molecule has 84 heavy (non-hydrogen) atoms. The summed E-state index contributed by atoms with van der Waals surface area (Å²) >= 11 is 0. The lowest BCUT2D eigenvalue weighted by Gasteiger charge is -2.28. The fourth-order valence-electron chi connectivity index (χ4n) is 8.71. The van der Waals surface area contributed by atoms with Crippen LogP contribution < -0.4 is 4.89 Å². The summed E-state index contributed by atoms with van der Waals surface area (Å²) in [5.74, 6) is -0.853. The minimum Gasteiger partial charge on any atom is -0.756 e. The zero-order chi connectivity index (χ0) is 61.2. The molecule has 0 heterocycles. The molecule has 10 heteroatoms. The van der Waals surface area contributed by atoms with Crippen LogP contribution in [0.4, 0.5) is 0 Å². The molecule has 2 atom stereocenters. The quantitative estimate of drug-likeness (QED) is 0.0195. The summed E-state index contributed by atoms with van der Waals surface area (Å²) in [6.07, 6.45) is 93.4. The topological polar surface area (TPSA) is 111 Å². The van der Waals surface area contributed by atoms with E-state index in [4.69, 9.17) is 18.5 Å². The molecule has 9 nitrogen and oxygen atoms in total. The van der Waals surface area contributed by atoms with E-state index in [-0.39, 0.29) is 26.1 Å². The van der Waals surface area contributed by atoms with Crippen LogP contribution in [0, 0.1) is 0 Å². The van der Waals surface area contributed by atoms with Gasteiger partial charge in [0.25, 0.3) is 7.82 Å². The third-order valence-electron chi connectivity index (χ3n) is 13.8. The molecule has 0 aliphatic heterocycles. The number of carbonyl (C=O) groups is 2. The van der Waals surface area contributed by atoms with Gasteiger partial charge in [0.05, 0.1) is 27.7 Å². The minimum atomic E-state index is -4.65. The molecule has 0 aromatic carbocycles. The van der Waals surface area contributed by atoms with Crippen molar-refractivity contribution in [3.05, 3.63) is 146 Å². The van der Waals surface area contributed by atoms with Gasteiger partial charge in [-0.05, 0) is 122 Å². The summed E-state index contributed by atoms with van der Waals surface area (Å²) in [5.41, 5.74) is 0. The average Bonchev–Trinajstić information content (AvgIpc) is 3.61. The fourth-order valence-corrected chi connectivity index (χ4v) is 9.44. The van der Waals surface area contributed by atoms with E-state index in [2.05, 4.69) is 160 Å². The number of carbonyl (C=O) groups excluding carboxylic acids is 2. The summed E-state index contributed by atoms with van der Waals surface area (Å²) in [7, 11) is 1.14. The summed E-state index contributed by atoms with van der Waals surface area (Å²) in [5, 5.41) is 0. The van der Waals surface area contributed by atoms with Crippen LogP contribution in [0.5, 0.6) is 0 Å². The van der Waals surface area contributed by atoms with Crippen molar-refractivity contribution in [1.29, 1.82) is 0 Å². The van der Waals surface area contributed by atoms with Gasteiger partial charge in [0.15, 0.2) is 6.10 Å². The molecule has 0 aromatic rings. The number of hydrogen-bond acceptors (Lipinski definition) is 8. The number of ether oxygens (including phenoxy) is 2. The predicted molar refractivity (Wildman–Crippen MR) is 360 cm³/mol. The number of rotatable bonds is 60. The van der Waals surface area contributed by atoms with Crippen LogP contribution in [0.3, 0.4) is 0 Å². The molecule has 0 radical (unpaired) electrons. The number of nitrogens with zero attached hydrogens (tertiary/aromatic N) is 1. The van der Waals surface area contributed by atoms with Gasteiger partial charge in [0, 0.05) is 12.8 Å². The zero-order valence-corrected chi connectivity index (χ0v) is 55.2. The molecule has 0 aliphatic rings. The minimum absolute atomic E-state index is 0.0402. The number of quaternary nitrogens is 1. The first-order chi connectivity index (χ1) is 41.0. The van der Waals surface area contributed by atoms with Gasteiger partial charge in [0.1, 0.15) is 19.8 Å². The van der Waals surface area contributed by atoms with E-state index in [9.17, 15) is 19.0 Å². The monoisotopic (exact) mass is 1190 g/mol. The summed E-state index contributed by atoms with van der Waals surface area (Å²) in [4.78, 5) is 38.0. The molecule has 0 saturated heterocycles. The Labute approximate surface area is 516 Å². The van der Waals surface area contributed by atoms with Crippen molar-refractivity contribution in [2.75, 3.05) is 47.5 Å². The van der Waals surface area contributed by atoms with Crippen molar-refractivity contribution in [3.8, 4) is 0 Å². The SMILES string of the molecule is CC/C=C\C/C=C\C/C=C\C/C=C\C/C=C\C/C=C\C/C=C\C/C=C\C/C=C\C/C=C\CCCCCCCCCCC(=O)OC(COC(=O)CCCCCCCCCCC/C=C\C/C=C\CCCCCCC)COP(=O)([O-])OCC[N+](C)(C)C. The third kappa shape index (κ3) is 67.0. The second-order valence-corrected chi connectivity index (χ2v) is 24.5. The zero-order valence-electron chi connectivity index (χ0n) is 54.3. The van der Waals surface area contributed by atoms with E-state index in [0.717, 1.165) is 128 Å². The largest absolute Gasteiger partial charge is 0.756 e. The number of hydrogen-bond donors (Lipinski definition) is 0. The second-order valence-electron chi connectivity index (χ2n) is 23.1. The van der Waals surface area contributed by atoms with Crippen molar-refractivity contribution < 1.29 is 42.1 Å². The molecule has 2 unspecified atom stereocenters. The Morgan fingerprint density at radius 1 is 0.381 bits per heavy atom. The number of phosphoric acid groups is 1. The number of likely N-dealkylation sites (N-methyl/N-ethyl adjacent to an activating group) is 1. The normalized spacial score (nSPS) is 14.1. The van der Waals surface area contributed by atoms with Crippen LogP contribution in [0.1, 0.15) is 258 Å². The van der Waals surface area contributed by atoms with Gasteiger partial charge in [-0.2, -0.15) is 0 Å². The first-order valence-electron chi connectivity index (χ1n) is 33.5. The number of unbranched alkanes of at least 4 members (excludes halogenated alkanes) is 22. The highest BCUT2D eigenvalue weighted by molar-refractivity contribution is 7.45. The molecular weight excluding hydrogens is 1060 g/mol. The van der Waals surface area contributed by atoms with Gasteiger partial charge in [0.2, 0.25) is 0 Å². The van der Waals surface area contributed by atoms with Gasteiger partial charge in [-0.15, -0.1) is 0 Å². The molecule has 478 valence electrons. The van der Waals surface area contributed by atoms with Crippen LogP contribution >= 0.6 is 7.82 Å². The average molecular weight is 1190 g/mol. The van der Waals surface area contributed by atoms with Crippen molar-refractivity contribution in [1.82, 2.24) is 0 Å². The Balaban J connectivity index is 4.14. The van der Waals surface area contributed by atoms with E-state index in [1.54, 1.807) is 0 Å². The highest BCUT2D eigenvalue weighted by Crippen LogP contribution is 2.38. The van der Waals surface area contributed by atoms with Crippen LogP contribution in [0.15, 0.2) is 146 Å². The van der Waals surface area contributed by atoms with E-state index in [0.29, 0.717) is 17.4 Å². The molecule has 0 rings (SSSR count). The van der Waals surface area contributed by atoms with Gasteiger partial charge < -0.3 is 27.9 Å². The number of esters is 2. The van der Waals surface area contributed by atoms with Crippen LogP contribution in [-0.2, 0) is 32.7 Å². The second kappa shape index (κ2) is 63.4. The lowest BCUT2D eigenvalue weighted by Crippen LogP contribution is -2.37. The molecule has 0 N–H and O–H groups in total. The molecule has 0 spiro atoms. The van der Waals surface area contributed by atoms with Crippen LogP contribution in [0.25, 0.3) is 0 Å². The van der Waals surface area contributed by atoms with Crippen LogP contribution in [-0.4, -0.2) is 70.0 Å². The highest BCUT2D eigenvalue weighted by Gasteiger charge is 2.22. The smallest absolute Gasteiger partial charge is 0.306 e. The van der Waals surface area contributed by atoms with E-state index in [1.165, 1.54) is 96.3 Å². The third-order valence-corrected chi connectivity index (χ3v) is 14.8. The van der Waals surface area contributed by atoms with Crippen molar-refractivity contribution in [2.24, 2.45) is 0 Å². The molecule has 0 amide bonds. The Bertz CT molecular complexity index is 1930. The van der Waals surface area contributed by atoms with Gasteiger partial charge in [-0.3, -0.25) is 14.2 Å². The van der Waals surface area contributed by atoms with E-state index >= 15 is 0 Å². The maximum atomic E-state index is 12.8. The van der Waals surface area contributed by atoms with Crippen LogP contribution in [0.2, 0.25) is 0 Å². The Morgan fingerprint density at radius 2 is 0.679 bits per heavy atom. The summed E-state index contributed by atoms with van der Waals surface area (Å²) in [6, 6.07) is 0. The predicted octanol–water partition coefficient (Wildman–Crippen LogP) is 21.2. The maximum absolute atomic E-state index is 12.8. The van der Waals surface area contributed by atoms with Gasteiger partial charge in [-0.25, -0.2) is 0 Å². The number of phosphoric ester groups is 1. The molecule has 0 saturated carbocycles. The Kier molecular flexibility index (Phi) is 60.3. The van der Waals surface area contributed by atoms with Crippen molar-refractivity contribution >= 4 is 19.8 Å².